The first-order chi connectivity index (χ1) is 9.17. The van der Waals surface area contributed by atoms with E-state index in [1.165, 1.54) is 0 Å². The highest BCUT2D eigenvalue weighted by Crippen LogP contribution is 2.08. The second-order valence-corrected chi connectivity index (χ2v) is 4.20. The van der Waals surface area contributed by atoms with Gasteiger partial charge in [0.25, 0.3) is 0 Å². The van der Waals surface area contributed by atoms with Gasteiger partial charge in [0.1, 0.15) is 0 Å². The van der Waals surface area contributed by atoms with Gasteiger partial charge in [0.05, 0.1) is 25.5 Å². The van der Waals surface area contributed by atoms with E-state index in [4.69, 9.17) is 15.7 Å². The molecule has 1 rings (SSSR count). The first-order valence-electron chi connectivity index (χ1n) is 6.15. The molecule has 0 unspecified atom stereocenters. The van der Waals surface area contributed by atoms with Crippen molar-refractivity contribution in [3.8, 4) is 6.07 Å². The third-order valence-corrected chi connectivity index (χ3v) is 2.75. The fourth-order valence-corrected chi connectivity index (χ4v) is 1.67. The lowest BCUT2D eigenvalue weighted by molar-refractivity contribution is -0.131. The number of benzene rings is 1. The highest BCUT2D eigenvalue weighted by molar-refractivity contribution is 5.78. The molecule has 102 valence electrons. The van der Waals surface area contributed by atoms with Gasteiger partial charge in [0, 0.05) is 25.9 Å². The van der Waals surface area contributed by atoms with E-state index in [2.05, 4.69) is 0 Å². The Bertz CT molecular complexity index is 437. The predicted octanol–water partition coefficient (Wildman–Crippen LogP) is 1.20. The number of nitrogens with two attached hydrogens (primary N) is 1. The number of nitriles is 1. The van der Waals surface area contributed by atoms with Crippen LogP contribution in [0.4, 0.5) is 5.69 Å². The number of hydrogen-bond donors (Lipinski definition) is 1. The zero-order valence-corrected chi connectivity index (χ0v) is 11.1. The summed E-state index contributed by atoms with van der Waals surface area (Å²) in [5, 5.41) is 8.61. The Balaban J connectivity index is 2.59. The largest absolute Gasteiger partial charge is 0.399 e. The Morgan fingerprint density at radius 3 is 2.63 bits per heavy atom. The number of carbonyl (C=O) groups excluding carboxylic acids is 1. The van der Waals surface area contributed by atoms with Gasteiger partial charge in [-0.1, -0.05) is 12.1 Å². The molecule has 0 aliphatic carbocycles. The van der Waals surface area contributed by atoms with E-state index in [1.807, 2.05) is 18.2 Å². The van der Waals surface area contributed by atoms with Crippen molar-refractivity contribution in [1.29, 1.82) is 5.26 Å². The molecular formula is C14H19N3O2. The van der Waals surface area contributed by atoms with Crippen LogP contribution >= 0.6 is 0 Å². The van der Waals surface area contributed by atoms with E-state index in [-0.39, 0.29) is 5.91 Å². The van der Waals surface area contributed by atoms with Gasteiger partial charge >= 0.3 is 0 Å². The monoisotopic (exact) mass is 261 g/mol. The highest BCUT2D eigenvalue weighted by atomic mass is 16.5. The van der Waals surface area contributed by atoms with Crippen molar-refractivity contribution in [2.24, 2.45) is 0 Å². The molecule has 5 nitrogen and oxygen atoms in total. The summed E-state index contributed by atoms with van der Waals surface area (Å²) in [5.41, 5.74) is 7.19. The first kappa shape index (κ1) is 15.0. The summed E-state index contributed by atoms with van der Waals surface area (Å²) in [7, 11) is 1.59. The van der Waals surface area contributed by atoms with Gasteiger partial charge in [-0.2, -0.15) is 5.26 Å². The molecule has 1 aromatic carbocycles. The molecule has 0 aliphatic heterocycles. The van der Waals surface area contributed by atoms with Crippen LogP contribution in [0.15, 0.2) is 24.3 Å². The Hall–Kier alpha value is -2.06. The Morgan fingerprint density at radius 1 is 1.37 bits per heavy atom. The number of anilines is 1. The molecule has 0 radical (unpaired) electrons. The Morgan fingerprint density at radius 2 is 2.05 bits per heavy atom. The third kappa shape index (κ3) is 5.40. The number of ether oxygens (including phenoxy) is 1. The Kier molecular flexibility index (Phi) is 6.41. The van der Waals surface area contributed by atoms with Gasteiger partial charge in [-0.3, -0.25) is 4.79 Å². The van der Waals surface area contributed by atoms with E-state index < -0.39 is 0 Å². The topological polar surface area (TPSA) is 79.3 Å². The predicted molar refractivity (Wildman–Crippen MR) is 73.2 cm³/mol. The van der Waals surface area contributed by atoms with Crippen LogP contribution in [0.25, 0.3) is 0 Å². The summed E-state index contributed by atoms with van der Waals surface area (Å²) in [6.45, 7) is 1.42. The molecule has 0 aliphatic rings. The molecule has 1 amide bonds. The van der Waals surface area contributed by atoms with Crippen LogP contribution in [0.5, 0.6) is 0 Å². The van der Waals surface area contributed by atoms with Gasteiger partial charge in [0.15, 0.2) is 0 Å². The summed E-state index contributed by atoms with van der Waals surface area (Å²) < 4.78 is 4.98. The minimum atomic E-state index is -0.00271. The maximum absolute atomic E-state index is 12.1. The molecule has 5 heteroatoms. The van der Waals surface area contributed by atoms with Gasteiger partial charge in [0.2, 0.25) is 5.91 Å². The van der Waals surface area contributed by atoms with E-state index in [1.54, 1.807) is 24.1 Å². The molecule has 0 saturated heterocycles. The van der Waals surface area contributed by atoms with Crippen molar-refractivity contribution in [1.82, 2.24) is 4.90 Å². The number of hydrogen-bond acceptors (Lipinski definition) is 4. The fourth-order valence-electron chi connectivity index (χ4n) is 1.67. The normalized spacial score (nSPS) is 9.89. The maximum atomic E-state index is 12.1. The molecule has 0 saturated carbocycles. The minimum absolute atomic E-state index is 0.00271. The molecule has 0 bridgehead atoms. The summed E-state index contributed by atoms with van der Waals surface area (Å²) in [6.07, 6.45) is 0.645. The van der Waals surface area contributed by atoms with Crippen LogP contribution in [-0.4, -0.2) is 37.6 Å². The average Bonchev–Trinajstić information content (AvgIpc) is 2.41. The number of carbonyl (C=O) groups is 1. The van der Waals surface area contributed by atoms with Gasteiger partial charge < -0.3 is 15.4 Å². The van der Waals surface area contributed by atoms with Crippen LogP contribution in [0, 0.1) is 11.3 Å². The Labute approximate surface area is 113 Å². The standard InChI is InChI=1S/C14H19N3O2/c1-19-10-9-17(8-2-7-15)14(18)11-12-3-5-13(16)6-4-12/h3-6H,2,8-11,16H2,1H3. The quantitative estimate of drug-likeness (QED) is 0.748. The van der Waals surface area contributed by atoms with Crippen LogP contribution in [0.1, 0.15) is 12.0 Å². The van der Waals surface area contributed by atoms with Crippen molar-refractivity contribution in [2.45, 2.75) is 12.8 Å². The van der Waals surface area contributed by atoms with Gasteiger partial charge in [-0.05, 0) is 17.7 Å². The van der Waals surface area contributed by atoms with Crippen LogP contribution in [0.2, 0.25) is 0 Å². The molecule has 0 atom stereocenters. The zero-order chi connectivity index (χ0) is 14.1. The van der Waals surface area contributed by atoms with Crippen molar-refractivity contribution in [2.75, 3.05) is 32.5 Å². The van der Waals surface area contributed by atoms with E-state index in [0.717, 1.165) is 5.56 Å². The van der Waals surface area contributed by atoms with Gasteiger partial charge in [-0.25, -0.2) is 0 Å². The number of amides is 1. The van der Waals surface area contributed by atoms with Crippen molar-refractivity contribution >= 4 is 11.6 Å². The summed E-state index contributed by atoms with van der Waals surface area (Å²) in [5.74, 6) is -0.00271. The summed E-state index contributed by atoms with van der Waals surface area (Å²) in [6, 6.07) is 9.28. The second-order valence-electron chi connectivity index (χ2n) is 4.20. The van der Waals surface area contributed by atoms with Crippen LogP contribution in [-0.2, 0) is 16.0 Å². The van der Waals surface area contributed by atoms with Crippen LogP contribution in [0.3, 0.4) is 0 Å². The number of methoxy groups -OCH3 is 1. The lowest BCUT2D eigenvalue weighted by Crippen LogP contribution is -2.35. The van der Waals surface area contributed by atoms with Crippen molar-refractivity contribution < 1.29 is 9.53 Å². The lowest BCUT2D eigenvalue weighted by atomic mass is 10.1. The van der Waals surface area contributed by atoms with E-state index >= 15 is 0 Å². The summed E-state index contributed by atoms with van der Waals surface area (Å²) >= 11 is 0. The fraction of sp³-hybridized carbons (Fsp3) is 0.429. The van der Waals surface area contributed by atoms with E-state index in [0.29, 0.717) is 38.2 Å². The lowest BCUT2D eigenvalue weighted by Gasteiger charge is -2.21. The van der Waals surface area contributed by atoms with Crippen molar-refractivity contribution in [3.05, 3.63) is 29.8 Å². The second kappa shape index (κ2) is 8.11. The van der Waals surface area contributed by atoms with Crippen molar-refractivity contribution in [3.63, 3.8) is 0 Å². The smallest absolute Gasteiger partial charge is 0.227 e. The SMILES string of the molecule is COCCN(CCC#N)C(=O)Cc1ccc(N)cc1. The molecule has 0 spiro atoms. The summed E-state index contributed by atoms with van der Waals surface area (Å²) in [4.78, 5) is 13.8. The number of nitrogen functional groups attached to an aromatic ring is 1. The number of nitrogens with zero attached hydrogens (tertiary/aromatic N) is 2. The zero-order valence-electron chi connectivity index (χ0n) is 11.1. The third-order valence-electron chi connectivity index (χ3n) is 2.75. The maximum Gasteiger partial charge on any atom is 0.227 e. The first-order valence-corrected chi connectivity index (χ1v) is 6.15. The van der Waals surface area contributed by atoms with Gasteiger partial charge in [-0.15, -0.1) is 0 Å². The molecule has 0 heterocycles. The molecule has 0 aromatic heterocycles. The minimum Gasteiger partial charge on any atom is -0.399 e. The average molecular weight is 261 g/mol. The molecule has 2 N–H and O–H groups in total. The highest BCUT2D eigenvalue weighted by Gasteiger charge is 2.13. The molecule has 19 heavy (non-hydrogen) atoms. The molecular weight excluding hydrogens is 242 g/mol. The number of rotatable bonds is 7. The van der Waals surface area contributed by atoms with E-state index in [9.17, 15) is 4.79 Å². The molecule has 0 fully saturated rings. The molecule has 1 aromatic rings. The van der Waals surface area contributed by atoms with Crippen LogP contribution < -0.4 is 5.73 Å².